The van der Waals surface area contributed by atoms with Crippen molar-refractivity contribution in [1.29, 1.82) is 0 Å². The maximum atomic E-state index is 13.4. The lowest BCUT2D eigenvalue weighted by Crippen LogP contribution is -2.28. The van der Waals surface area contributed by atoms with Crippen molar-refractivity contribution in [1.82, 2.24) is 19.2 Å². The standard InChI is InChI=1S/C20H19F2N6O2S/c1-4-7-28(3)20(30)15-9-24-16(10-23-15)26-19-17(11(2)27-31-19)18(29)25-12-5-6-13(21)14(22)8-12/h5-6,8-10H,1,4,7H2,2-3H3,(H,24,26)(H,25,29). The van der Waals surface area contributed by atoms with Crippen molar-refractivity contribution < 1.29 is 18.4 Å². The van der Waals surface area contributed by atoms with Gasteiger partial charge < -0.3 is 15.5 Å². The van der Waals surface area contributed by atoms with Crippen molar-refractivity contribution in [2.45, 2.75) is 13.3 Å². The number of halogens is 2. The molecule has 11 heteroatoms. The number of aryl methyl sites for hydroxylation is 1. The fraction of sp³-hybridized carbons (Fsp3) is 0.200. The van der Waals surface area contributed by atoms with E-state index in [1.807, 2.05) is 0 Å². The van der Waals surface area contributed by atoms with E-state index in [4.69, 9.17) is 0 Å². The van der Waals surface area contributed by atoms with Crippen LogP contribution in [0.3, 0.4) is 0 Å². The van der Waals surface area contributed by atoms with Crippen LogP contribution in [0.2, 0.25) is 0 Å². The number of amides is 2. The van der Waals surface area contributed by atoms with Gasteiger partial charge in [-0.25, -0.2) is 18.7 Å². The Bertz CT molecular complexity index is 1100. The SMILES string of the molecule is [CH2]CCN(C)C(=O)c1cnc(Nc2snc(C)c2C(=O)Nc2ccc(F)c(F)c2)cn1. The minimum atomic E-state index is -1.07. The first-order valence-corrected chi connectivity index (χ1v) is 9.94. The van der Waals surface area contributed by atoms with Crippen LogP contribution in [0.4, 0.5) is 25.3 Å². The molecule has 0 bridgehead atoms. The van der Waals surface area contributed by atoms with E-state index in [9.17, 15) is 18.4 Å². The third kappa shape index (κ3) is 5.18. The first-order chi connectivity index (χ1) is 14.8. The molecule has 0 saturated heterocycles. The van der Waals surface area contributed by atoms with E-state index in [1.54, 1.807) is 14.0 Å². The molecule has 1 radical (unpaired) electrons. The van der Waals surface area contributed by atoms with Gasteiger partial charge in [-0.1, -0.05) is 6.92 Å². The highest BCUT2D eigenvalue weighted by Crippen LogP contribution is 2.28. The zero-order chi connectivity index (χ0) is 22.5. The lowest BCUT2D eigenvalue weighted by atomic mass is 10.2. The molecule has 8 nitrogen and oxygen atoms in total. The third-order valence-electron chi connectivity index (χ3n) is 4.22. The summed E-state index contributed by atoms with van der Waals surface area (Å²) in [5, 5.41) is 5.86. The van der Waals surface area contributed by atoms with Gasteiger partial charge in [-0.2, -0.15) is 4.37 Å². The van der Waals surface area contributed by atoms with E-state index >= 15 is 0 Å². The molecule has 0 fully saturated rings. The lowest BCUT2D eigenvalue weighted by molar-refractivity contribution is 0.0790. The summed E-state index contributed by atoms with van der Waals surface area (Å²) in [4.78, 5) is 34.7. The molecule has 31 heavy (non-hydrogen) atoms. The van der Waals surface area contributed by atoms with Gasteiger partial charge >= 0.3 is 0 Å². The quantitative estimate of drug-likeness (QED) is 0.574. The molecule has 0 spiro atoms. The summed E-state index contributed by atoms with van der Waals surface area (Å²) in [5.74, 6) is -2.59. The van der Waals surface area contributed by atoms with Crippen LogP contribution in [0.15, 0.2) is 30.6 Å². The van der Waals surface area contributed by atoms with E-state index in [0.717, 1.165) is 23.7 Å². The Labute approximate surface area is 181 Å². The minimum Gasteiger partial charge on any atom is -0.340 e. The zero-order valence-corrected chi connectivity index (χ0v) is 17.6. The average molecular weight is 445 g/mol. The maximum absolute atomic E-state index is 13.4. The van der Waals surface area contributed by atoms with Gasteiger partial charge in [0, 0.05) is 25.3 Å². The third-order valence-corrected chi connectivity index (χ3v) is 5.07. The van der Waals surface area contributed by atoms with E-state index in [1.165, 1.54) is 23.4 Å². The Hall–Kier alpha value is -3.47. The van der Waals surface area contributed by atoms with Crippen LogP contribution in [-0.4, -0.2) is 44.6 Å². The number of hydrogen-bond acceptors (Lipinski definition) is 7. The molecule has 0 unspecified atom stereocenters. The van der Waals surface area contributed by atoms with Gasteiger partial charge in [0.15, 0.2) is 11.6 Å². The van der Waals surface area contributed by atoms with E-state index in [-0.39, 0.29) is 22.9 Å². The number of aromatic nitrogens is 3. The second-order valence-electron chi connectivity index (χ2n) is 6.55. The molecule has 0 atom stereocenters. The lowest BCUT2D eigenvalue weighted by Gasteiger charge is -2.15. The Morgan fingerprint density at radius 2 is 1.97 bits per heavy atom. The van der Waals surface area contributed by atoms with Crippen LogP contribution in [0.5, 0.6) is 0 Å². The predicted molar refractivity (Wildman–Crippen MR) is 113 cm³/mol. The van der Waals surface area contributed by atoms with Gasteiger partial charge in [0.05, 0.1) is 23.7 Å². The molecule has 161 valence electrons. The highest BCUT2D eigenvalue weighted by atomic mass is 32.1. The average Bonchev–Trinajstić information content (AvgIpc) is 3.11. The number of carbonyl (C=O) groups is 2. The van der Waals surface area contributed by atoms with Crippen molar-refractivity contribution >= 4 is 39.9 Å². The predicted octanol–water partition coefficient (Wildman–Crippen LogP) is 3.81. The summed E-state index contributed by atoms with van der Waals surface area (Å²) < 4.78 is 30.7. The molecule has 1 aromatic carbocycles. The van der Waals surface area contributed by atoms with Gasteiger partial charge in [0.25, 0.3) is 11.8 Å². The van der Waals surface area contributed by atoms with Crippen molar-refractivity contribution in [2.75, 3.05) is 24.2 Å². The molecule has 2 N–H and O–H groups in total. The molecule has 2 amide bonds. The summed E-state index contributed by atoms with van der Waals surface area (Å²) in [6.45, 7) is 5.85. The number of nitrogens with zero attached hydrogens (tertiary/aromatic N) is 4. The smallest absolute Gasteiger partial charge is 0.273 e. The molecule has 3 aromatic rings. The molecule has 0 saturated carbocycles. The molecule has 0 aliphatic rings. The fourth-order valence-corrected chi connectivity index (χ4v) is 3.44. The minimum absolute atomic E-state index is 0.106. The van der Waals surface area contributed by atoms with Gasteiger partial charge in [0.1, 0.15) is 16.5 Å². The van der Waals surface area contributed by atoms with E-state index in [0.29, 0.717) is 29.5 Å². The van der Waals surface area contributed by atoms with Crippen LogP contribution >= 0.6 is 11.5 Å². The molecule has 2 heterocycles. The zero-order valence-electron chi connectivity index (χ0n) is 16.8. The van der Waals surface area contributed by atoms with E-state index in [2.05, 4.69) is 31.9 Å². The Kier molecular flexibility index (Phi) is 6.85. The first-order valence-electron chi connectivity index (χ1n) is 9.16. The van der Waals surface area contributed by atoms with Crippen molar-refractivity contribution in [3.8, 4) is 0 Å². The van der Waals surface area contributed by atoms with Crippen LogP contribution in [0.1, 0.15) is 33.0 Å². The monoisotopic (exact) mass is 445 g/mol. The Balaban J connectivity index is 1.75. The molecule has 3 rings (SSSR count). The number of anilines is 3. The van der Waals surface area contributed by atoms with Crippen LogP contribution in [0, 0.1) is 25.5 Å². The van der Waals surface area contributed by atoms with Gasteiger partial charge in [0.2, 0.25) is 0 Å². The molecular weight excluding hydrogens is 426 g/mol. The largest absolute Gasteiger partial charge is 0.340 e. The number of carbonyl (C=O) groups excluding carboxylic acids is 2. The summed E-state index contributed by atoms with van der Waals surface area (Å²) in [6, 6.07) is 3.07. The van der Waals surface area contributed by atoms with Gasteiger partial charge in [-0.3, -0.25) is 9.59 Å². The second-order valence-corrected chi connectivity index (χ2v) is 7.32. The van der Waals surface area contributed by atoms with Crippen molar-refractivity contribution in [3.63, 3.8) is 0 Å². The summed E-state index contributed by atoms with van der Waals surface area (Å²) in [6.07, 6.45) is 3.28. The highest BCUT2D eigenvalue weighted by molar-refractivity contribution is 7.10. The number of nitrogens with one attached hydrogen (secondary N) is 2. The normalized spacial score (nSPS) is 10.6. The molecule has 0 aliphatic carbocycles. The molecule has 0 aliphatic heterocycles. The molecule has 2 aromatic heterocycles. The maximum Gasteiger partial charge on any atom is 0.273 e. The Morgan fingerprint density at radius 1 is 1.19 bits per heavy atom. The topological polar surface area (TPSA) is 100 Å². The number of benzene rings is 1. The van der Waals surface area contributed by atoms with Crippen LogP contribution < -0.4 is 10.6 Å². The van der Waals surface area contributed by atoms with Crippen LogP contribution in [0.25, 0.3) is 0 Å². The van der Waals surface area contributed by atoms with Gasteiger partial charge in [-0.15, -0.1) is 0 Å². The van der Waals surface area contributed by atoms with Crippen LogP contribution in [-0.2, 0) is 0 Å². The van der Waals surface area contributed by atoms with Gasteiger partial charge in [-0.05, 0) is 37.0 Å². The highest BCUT2D eigenvalue weighted by Gasteiger charge is 2.20. The summed E-state index contributed by atoms with van der Waals surface area (Å²) in [5.41, 5.74) is 0.960. The summed E-state index contributed by atoms with van der Waals surface area (Å²) in [7, 11) is 1.65. The number of rotatable bonds is 7. The first kappa shape index (κ1) is 22.2. The van der Waals surface area contributed by atoms with Crippen molar-refractivity contribution in [3.05, 3.63) is 66.1 Å². The summed E-state index contributed by atoms with van der Waals surface area (Å²) >= 11 is 1.03. The van der Waals surface area contributed by atoms with Crippen molar-refractivity contribution in [2.24, 2.45) is 0 Å². The second kappa shape index (κ2) is 9.56. The fourth-order valence-electron chi connectivity index (χ4n) is 2.64. The number of hydrogen-bond donors (Lipinski definition) is 2. The molecular formula is C20H19F2N6O2S. The van der Waals surface area contributed by atoms with E-state index < -0.39 is 17.5 Å². The Morgan fingerprint density at radius 3 is 2.61 bits per heavy atom.